The Hall–Kier alpha value is -1.95. The van der Waals surface area contributed by atoms with Crippen LogP contribution < -0.4 is 16.4 Å². The van der Waals surface area contributed by atoms with E-state index in [2.05, 4.69) is 10.6 Å². The molecule has 1 saturated carbocycles. The number of nitrogens with two attached hydrogens (primary N) is 1. The molecule has 0 spiro atoms. The minimum Gasteiger partial charge on any atom is -0.352 e. The van der Waals surface area contributed by atoms with Crippen LogP contribution >= 0.6 is 0 Å². The van der Waals surface area contributed by atoms with Gasteiger partial charge in [0.2, 0.25) is 5.91 Å². The fourth-order valence-corrected chi connectivity index (χ4v) is 2.92. The number of carbonyl (C=O) groups is 2. The Bertz CT molecular complexity index is 566. The van der Waals surface area contributed by atoms with Crippen LogP contribution in [-0.2, 0) is 4.79 Å². The number of amides is 2. The van der Waals surface area contributed by atoms with E-state index in [1.807, 2.05) is 13.8 Å². The third-order valence-electron chi connectivity index (χ3n) is 4.46. The topological polar surface area (TPSA) is 84.2 Å². The minimum absolute atomic E-state index is 0.0553. The number of carbonyl (C=O) groups excluding carboxylic acids is 2. The van der Waals surface area contributed by atoms with Crippen molar-refractivity contribution in [3.05, 3.63) is 35.6 Å². The van der Waals surface area contributed by atoms with Crippen molar-refractivity contribution in [1.29, 1.82) is 0 Å². The highest BCUT2D eigenvalue weighted by Gasteiger charge is 2.28. The zero-order valence-corrected chi connectivity index (χ0v) is 14.2. The summed E-state index contributed by atoms with van der Waals surface area (Å²) in [5, 5.41) is 5.77. The largest absolute Gasteiger partial charge is 0.352 e. The van der Waals surface area contributed by atoms with Crippen molar-refractivity contribution in [2.45, 2.75) is 57.7 Å². The zero-order chi connectivity index (χ0) is 17.7. The lowest BCUT2D eigenvalue weighted by molar-refractivity contribution is -0.124. The smallest absolute Gasteiger partial charge is 0.251 e. The predicted molar refractivity (Wildman–Crippen MR) is 90.9 cm³/mol. The summed E-state index contributed by atoms with van der Waals surface area (Å²) in [5.74, 6) is -1.02. The fourth-order valence-electron chi connectivity index (χ4n) is 2.92. The molecule has 2 rings (SSSR count). The minimum atomic E-state index is -0.627. The quantitative estimate of drug-likeness (QED) is 0.769. The molecule has 4 N–H and O–H groups in total. The first-order chi connectivity index (χ1) is 11.4. The van der Waals surface area contributed by atoms with Crippen LogP contribution in [0.25, 0.3) is 0 Å². The molecule has 1 aliphatic carbocycles. The molecular formula is C18H26FN3O2. The summed E-state index contributed by atoms with van der Waals surface area (Å²) < 4.78 is 13.0. The average Bonchev–Trinajstić information content (AvgIpc) is 2.54. The summed E-state index contributed by atoms with van der Waals surface area (Å²) in [6, 6.07) is 4.97. The van der Waals surface area contributed by atoms with Gasteiger partial charge < -0.3 is 16.4 Å². The molecule has 5 nitrogen and oxygen atoms in total. The summed E-state index contributed by atoms with van der Waals surface area (Å²) >= 11 is 0. The van der Waals surface area contributed by atoms with E-state index in [9.17, 15) is 14.0 Å². The maximum atomic E-state index is 13.0. The van der Waals surface area contributed by atoms with Crippen molar-refractivity contribution in [2.24, 2.45) is 11.7 Å². The molecule has 1 aromatic carbocycles. The first kappa shape index (κ1) is 18.4. The van der Waals surface area contributed by atoms with Crippen LogP contribution in [0, 0.1) is 11.7 Å². The zero-order valence-electron chi connectivity index (χ0n) is 14.2. The summed E-state index contributed by atoms with van der Waals surface area (Å²) in [7, 11) is 0. The fraction of sp³-hybridized carbons (Fsp3) is 0.556. The van der Waals surface area contributed by atoms with Gasteiger partial charge in [-0.05, 0) is 55.9 Å². The number of hydrogen-bond acceptors (Lipinski definition) is 3. The van der Waals surface area contributed by atoms with E-state index in [-0.39, 0.29) is 29.8 Å². The van der Waals surface area contributed by atoms with Crippen molar-refractivity contribution in [2.75, 3.05) is 0 Å². The molecule has 0 heterocycles. The van der Waals surface area contributed by atoms with Gasteiger partial charge in [0.05, 0.1) is 0 Å². The molecule has 6 heteroatoms. The molecule has 0 saturated heterocycles. The molecule has 0 aliphatic heterocycles. The van der Waals surface area contributed by atoms with Crippen molar-refractivity contribution < 1.29 is 14.0 Å². The Balaban J connectivity index is 1.96. The van der Waals surface area contributed by atoms with Gasteiger partial charge in [0.1, 0.15) is 11.9 Å². The van der Waals surface area contributed by atoms with E-state index in [0.29, 0.717) is 5.56 Å². The van der Waals surface area contributed by atoms with Gasteiger partial charge in [0.25, 0.3) is 5.91 Å². The first-order valence-corrected chi connectivity index (χ1v) is 8.49. The first-order valence-electron chi connectivity index (χ1n) is 8.49. The summed E-state index contributed by atoms with van der Waals surface area (Å²) in [6.45, 7) is 3.76. The molecule has 0 aromatic heterocycles. The highest BCUT2D eigenvalue weighted by molar-refractivity contribution is 5.97. The van der Waals surface area contributed by atoms with Gasteiger partial charge in [-0.1, -0.05) is 13.8 Å². The van der Waals surface area contributed by atoms with Crippen LogP contribution in [0.2, 0.25) is 0 Å². The third-order valence-corrected chi connectivity index (χ3v) is 4.46. The Morgan fingerprint density at radius 3 is 2.25 bits per heavy atom. The number of rotatable bonds is 5. The lowest BCUT2D eigenvalue weighted by Crippen LogP contribution is -2.53. The van der Waals surface area contributed by atoms with E-state index < -0.39 is 11.9 Å². The van der Waals surface area contributed by atoms with E-state index in [0.717, 1.165) is 25.7 Å². The molecular weight excluding hydrogens is 309 g/mol. The highest BCUT2D eigenvalue weighted by atomic mass is 19.1. The van der Waals surface area contributed by atoms with Crippen molar-refractivity contribution in [3.63, 3.8) is 0 Å². The Kier molecular flexibility index (Phi) is 6.31. The van der Waals surface area contributed by atoms with Crippen LogP contribution in [0.1, 0.15) is 49.9 Å². The second-order valence-corrected chi connectivity index (χ2v) is 6.82. The molecule has 1 aromatic rings. The molecule has 2 amide bonds. The van der Waals surface area contributed by atoms with Crippen LogP contribution in [0.3, 0.4) is 0 Å². The van der Waals surface area contributed by atoms with Crippen LogP contribution in [0.5, 0.6) is 0 Å². The van der Waals surface area contributed by atoms with Gasteiger partial charge in [-0.2, -0.15) is 0 Å². The lowest BCUT2D eigenvalue weighted by atomic mass is 9.91. The molecule has 0 bridgehead atoms. The molecule has 1 fully saturated rings. The van der Waals surface area contributed by atoms with E-state index in [1.54, 1.807) is 0 Å². The van der Waals surface area contributed by atoms with Crippen LogP contribution in [-0.4, -0.2) is 29.9 Å². The highest BCUT2D eigenvalue weighted by Crippen LogP contribution is 2.17. The molecule has 1 aliphatic rings. The monoisotopic (exact) mass is 335 g/mol. The van der Waals surface area contributed by atoms with Crippen molar-refractivity contribution >= 4 is 11.8 Å². The van der Waals surface area contributed by atoms with Crippen molar-refractivity contribution in [3.8, 4) is 0 Å². The van der Waals surface area contributed by atoms with Crippen LogP contribution in [0.15, 0.2) is 24.3 Å². The average molecular weight is 335 g/mol. The molecule has 0 radical (unpaired) electrons. The van der Waals surface area contributed by atoms with E-state index >= 15 is 0 Å². The Morgan fingerprint density at radius 1 is 1.12 bits per heavy atom. The SMILES string of the molecule is CC(C)C(NC(=O)c1ccc(F)cc1)C(=O)NC1CCC(N)CC1. The second-order valence-electron chi connectivity index (χ2n) is 6.82. The molecule has 24 heavy (non-hydrogen) atoms. The summed E-state index contributed by atoms with van der Waals surface area (Å²) in [4.78, 5) is 24.8. The molecule has 1 unspecified atom stereocenters. The van der Waals surface area contributed by atoms with Gasteiger partial charge >= 0.3 is 0 Å². The summed E-state index contributed by atoms with van der Waals surface area (Å²) in [5.41, 5.74) is 6.21. The standard InChI is InChI=1S/C18H26FN3O2/c1-11(2)16(18(24)21-15-9-7-14(20)8-10-15)22-17(23)12-3-5-13(19)6-4-12/h3-6,11,14-16H,7-10,20H2,1-2H3,(H,21,24)(H,22,23). The van der Waals surface area contributed by atoms with Gasteiger partial charge in [-0.25, -0.2) is 4.39 Å². The maximum Gasteiger partial charge on any atom is 0.251 e. The number of halogens is 1. The molecule has 1 atom stereocenters. The normalized spacial score (nSPS) is 22.0. The van der Waals surface area contributed by atoms with E-state index in [1.165, 1.54) is 24.3 Å². The Labute approximate surface area is 142 Å². The summed E-state index contributed by atoms with van der Waals surface area (Å²) in [6.07, 6.45) is 3.53. The van der Waals surface area contributed by atoms with Crippen molar-refractivity contribution in [1.82, 2.24) is 10.6 Å². The number of nitrogens with one attached hydrogen (secondary N) is 2. The second kappa shape index (κ2) is 8.24. The third kappa shape index (κ3) is 5.03. The number of benzene rings is 1. The van der Waals surface area contributed by atoms with Crippen LogP contribution in [0.4, 0.5) is 4.39 Å². The maximum absolute atomic E-state index is 13.0. The van der Waals surface area contributed by atoms with E-state index in [4.69, 9.17) is 5.73 Å². The number of hydrogen-bond donors (Lipinski definition) is 3. The lowest BCUT2D eigenvalue weighted by Gasteiger charge is -2.29. The van der Waals surface area contributed by atoms with Gasteiger partial charge in [-0.3, -0.25) is 9.59 Å². The molecule has 132 valence electrons. The Morgan fingerprint density at radius 2 is 1.71 bits per heavy atom. The van der Waals surface area contributed by atoms with Gasteiger partial charge in [-0.15, -0.1) is 0 Å². The predicted octanol–water partition coefficient (Wildman–Crippen LogP) is 1.97. The van der Waals surface area contributed by atoms with Gasteiger partial charge in [0.15, 0.2) is 0 Å². The van der Waals surface area contributed by atoms with Gasteiger partial charge in [0, 0.05) is 17.6 Å².